The minimum Gasteiger partial charge on any atom is -0.394 e. The van der Waals surface area contributed by atoms with Gasteiger partial charge in [0, 0.05) is 10.9 Å². The second-order valence-electron chi connectivity index (χ2n) is 11.4. The summed E-state index contributed by atoms with van der Waals surface area (Å²) in [6.07, 6.45) is 0.734. The summed E-state index contributed by atoms with van der Waals surface area (Å²) in [6.45, 7) is 5.77. The molecular formula is C29H34N6O4S. The fraction of sp³-hybridized carbons (Fsp3) is 0.483. The lowest BCUT2D eigenvalue weighted by Crippen LogP contribution is -2.59. The van der Waals surface area contributed by atoms with Gasteiger partial charge in [-0.15, -0.1) is 16.9 Å². The van der Waals surface area contributed by atoms with Gasteiger partial charge in [-0.2, -0.15) is 0 Å². The molecule has 6 rings (SSSR count). The second-order valence-corrected chi connectivity index (χ2v) is 13.0. The van der Waals surface area contributed by atoms with Crippen molar-refractivity contribution >= 4 is 46.2 Å². The molecule has 10 nitrogen and oxygen atoms in total. The Morgan fingerprint density at radius 3 is 2.58 bits per heavy atom. The maximum atomic E-state index is 14.3. The van der Waals surface area contributed by atoms with Crippen molar-refractivity contribution in [2.75, 3.05) is 11.9 Å². The number of hydrogen-bond acceptors (Lipinski definition) is 7. The van der Waals surface area contributed by atoms with Crippen LogP contribution in [0.3, 0.4) is 0 Å². The highest BCUT2D eigenvalue weighted by Gasteiger charge is 2.76. The summed E-state index contributed by atoms with van der Waals surface area (Å²) in [5, 5.41) is 24.7. The zero-order chi connectivity index (χ0) is 28.2. The Morgan fingerprint density at radius 1 is 1.12 bits per heavy atom. The largest absolute Gasteiger partial charge is 0.394 e. The van der Waals surface area contributed by atoms with E-state index in [2.05, 4.69) is 27.9 Å². The molecule has 210 valence electrons. The lowest BCUT2D eigenvalue weighted by Gasteiger charge is -2.40. The fourth-order valence-electron chi connectivity index (χ4n) is 7.07. The maximum Gasteiger partial charge on any atom is 0.245 e. The Bertz CT molecular complexity index is 1450. The Balaban J connectivity index is 1.35. The van der Waals surface area contributed by atoms with Crippen LogP contribution in [0.15, 0.2) is 54.6 Å². The highest BCUT2D eigenvalue weighted by molar-refractivity contribution is 8.02. The number of fused-ring (bicyclic) bond motifs is 2. The number of carbonyl (C=O) groups excluding carboxylic acids is 3. The molecule has 3 aromatic rings. The lowest BCUT2D eigenvalue weighted by atomic mass is 9.66. The molecule has 1 spiro atoms. The lowest BCUT2D eigenvalue weighted by molar-refractivity contribution is -0.143. The van der Waals surface area contributed by atoms with E-state index in [1.807, 2.05) is 68.4 Å². The number of anilines is 1. The van der Waals surface area contributed by atoms with Crippen molar-refractivity contribution in [1.29, 1.82) is 0 Å². The molecule has 0 saturated carbocycles. The normalized spacial score (nSPS) is 29.7. The van der Waals surface area contributed by atoms with Crippen LogP contribution >= 0.6 is 11.8 Å². The van der Waals surface area contributed by atoms with Crippen LogP contribution in [0.4, 0.5) is 5.69 Å². The van der Waals surface area contributed by atoms with Crippen molar-refractivity contribution in [3.63, 3.8) is 0 Å². The summed E-state index contributed by atoms with van der Waals surface area (Å²) in [5.41, 5.74) is 2.18. The molecule has 3 unspecified atom stereocenters. The van der Waals surface area contributed by atoms with Gasteiger partial charge >= 0.3 is 0 Å². The number of benzene rings is 2. The van der Waals surface area contributed by atoms with Gasteiger partial charge in [-0.05, 0) is 42.5 Å². The number of likely N-dealkylation sites (tertiary alicyclic amines) is 1. The number of amides is 3. The molecule has 3 aliphatic rings. The topological polar surface area (TPSA) is 129 Å². The smallest absolute Gasteiger partial charge is 0.245 e. The van der Waals surface area contributed by atoms with Crippen LogP contribution in [0, 0.1) is 23.7 Å². The van der Waals surface area contributed by atoms with Crippen LogP contribution in [-0.4, -0.2) is 71.4 Å². The quantitative estimate of drug-likeness (QED) is 0.385. The SMILES string of the molecule is CC(C)[C@H](CO)N1C(=O)[C@@H]2[C@@H](C(=O)Nc3ccccc3)[C@H]3CC(C)C2(S3)C1C(=O)NCn1nnc2ccccc21. The number of nitrogens with one attached hydrogen (secondary N) is 2. The van der Waals surface area contributed by atoms with E-state index in [0.29, 0.717) is 5.69 Å². The molecule has 40 heavy (non-hydrogen) atoms. The third-order valence-corrected chi connectivity index (χ3v) is 11.0. The standard InChI is InChI=1S/C29H34N6O4S/c1-16(2)21(14-36)35-25(27(38)30-15-34-20-12-8-7-11-19(20)32-33-34)29-17(3)13-22(40-29)23(24(29)28(35)39)26(37)31-18-9-5-4-6-10-18/h4-12,16-17,21-25,36H,13-15H2,1-3H3,(H,30,38)(H,31,37)/t17?,21-,22+,23-,24-,25?,29?/m0/s1. The van der Waals surface area contributed by atoms with Crippen molar-refractivity contribution in [3.05, 3.63) is 54.6 Å². The third kappa shape index (κ3) is 4.01. The van der Waals surface area contributed by atoms with Crippen molar-refractivity contribution in [2.24, 2.45) is 23.7 Å². The van der Waals surface area contributed by atoms with Crippen LogP contribution in [0.25, 0.3) is 11.0 Å². The molecular weight excluding hydrogens is 528 g/mol. The molecule has 2 aromatic carbocycles. The van der Waals surface area contributed by atoms with Crippen LogP contribution < -0.4 is 10.6 Å². The first-order chi connectivity index (χ1) is 19.3. The van der Waals surface area contributed by atoms with Gasteiger partial charge in [0.15, 0.2) is 0 Å². The molecule has 1 aromatic heterocycles. The summed E-state index contributed by atoms with van der Waals surface area (Å²) < 4.78 is 0.839. The Hall–Kier alpha value is -3.44. The van der Waals surface area contributed by atoms with Crippen molar-refractivity contribution in [2.45, 2.75) is 55.9 Å². The molecule has 3 fully saturated rings. The number of rotatable bonds is 8. The first kappa shape index (κ1) is 26.8. The maximum absolute atomic E-state index is 14.3. The van der Waals surface area contributed by atoms with Gasteiger partial charge in [0.2, 0.25) is 17.7 Å². The molecule has 0 aliphatic carbocycles. The summed E-state index contributed by atoms with van der Waals surface area (Å²) in [7, 11) is 0. The highest BCUT2D eigenvalue weighted by atomic mass is 32.2. The number of nitrogens with zero attached hydrogens (tertiary/aromatic N) is 4. The molecule has 7 atom stereocenters. The van der Waals surface area contributed by atoms with Gasteiger partial charge in [0.05, 0.1) is 34.7 Å². The number of carbonyl (C=O) groups is 3. The van der Waals surface area contributed by atoms with Gasteiger partial charge in [-0.25, -0.2) is 4.68 Å². The number of aromatic nitrogens is 3. The first-order valence-electron chi connectivity index (χ1n) is 13.8. The van der Waals surface area contributed by atoms with Gasteiger partial charge in [0.25, 0.3) is 0 Å². The Labute approximate surface area is 236 Å². The average molecular weight is 563 g/mol. The van der Waals surface area contributed by atoms with Crippen LogP contribution in [-0.2, 0) is 21.1 Å². The predicted octanol–water partition coefficient (Wildman–Crippen LogP) is 2.50. The molecule has 3 N–H and O–H groups in total. The number of aliphatic hydroxyl groups is 1. The minimum atomic E-state index is -0.834. The fourth-order valence-corrected chi connectivity index (χ4v) is 9.48. The monoisotopic (exact) mass is 562 g/mol. The van der Waals surface area contributed by atoms with E-state index in [9.17, 15) is 19.5 Å². The molecule has 11 heteroatoms. The van der Waals surface area contributed by atoms with Gasteiger partial charge < -0.3 is 20.6 Å². The summed E-state index contributed by atoms with van der Waals surface area (Å²) in [4.78, 5) is 43.8. The zero-order valence-electron chi connectivity index (χ0n) is 22.7. The molecule has 0 radical (unpaired) electrons. The van der Waals surface area contributed by atoms with E-state index < -0.39 is 28.7 Å². The van der Waals surface area contributed by atoms with Crippen LogP contribution in [0.5, 0.6) is 0 Å². The minimum absolute atomic E-state index is 0.0247. The molecule has 4 heterocycles. The molecule has 2 bridgehead atoms. The van der Waals surface area contributed by atoms with Crippen LogP contribution in [0.1, 0.15) is 27.2 Å². The van der Waals surface area contributed by atoms with Gasteiger partial charge in [0.1, 0.15) is 18.2 Å². The predicted molar refractivity (Wildman–Crippen MR) is 152 cm³/mol. The Kier molecular flexibility index (Phi) is 6.82. The van der Waals surface area contributed by atoms with Crippen molar-refractivity contribution < 1.29 is 19.5 Å². The van der Waals surface area contributed by atoms with E-state index in [1.165, 1.54) is 0 Å². The molecule has 3 saturated heterocycles. The summed E-state index contributed by atoms with van der Waals surface area (Å²) in [6, 6.07) is 15.3. The number of aliphatic hydroxyl groups excluding tert-OH is 1. The van der Waals surface area contributed by atoms with Crippen molar-refractivity contribution in [1.82, 2.24) is 25.2 Å². The Morgan fingerprint density at radius 2 is 1.85 bits per heavy atom. The van der Waals surface area contributed by atoms with Crippen molar-refractivity contribution in [3.8, 4) is 0 Å². The summed E-state index contributed by atoms with van der Waals surface area (Å²) >= 11 is 1.61. The second kappa shape index (κ2) is 10.2. The number of hydrogen-bond donors (Lipinski definition) is 3. The highest BCUT2D eigenvalue weighted by Crippen LogP contribution is 2.69. The average Bonchev–Trinajstić information content (AvgIpc) is 3.66. The number of thioether (sulfide) groups is 1. The zero-order valence-corrected chi connectivity index (χ0v) is 23.5. The van der Waals surface area contributed by atoms with E-state index >= 15 is 0 Å². The van der Waals surface area contributed by atoms with E-state index in [-0.39, 0.29) is 48.1 Å². The van der Waals surface area contributed by atoms with Crippen LogP contribution in [0.2, 0.25) is 0 Å². The number of para-hydroxylation sites is 2. The van der Waals surface area contributed by atoms with E-state index in [1.54, 1.807) is 21.3 Å². The first-order valence-corrected chi connectivity index (χ1v) is 14.7. The van der Waals surface area contributed by atoms with Gasteiger partial charge in [-0.1, -0.05) is 56.3 Å². The molecule has 3 amide bonds. The third-order valence-electron chi connectivity index (χ3n) is 8.91. The van der Waals surface area contributed by atoms with E-state index in [4.69, 9.17) is 0 Å². The molecule has 3 aliphatic heterocycles. The van der Waals surface area contributed by atoms with Gasteiger partial charge in [-0.3, -0.25) is 14.4 Å². The summed E-state index contributed by atoms with van der Waals surface area (Å²) in [5.74, 6) is -2.03. The van der Waals surface area contributed by atoms with E-state index in [0.717, 1.165) is 17.5 Å².